The number of carboxylic acid groups (broad SMARTS) is 1. The van der Waals surface area contributed by atoms with Gasteiger partial charge in [0.25, 0.3) is 0 Å². The standard InChI is InChI=1S/C23H14N2O4S2/c26-21-20(31-23(30)25(21)15-7-5-13(6-8-15)22(27)28)12-16-9-10-19(29-16)18-11-14-3-1-2-4-17(14)24-18/h1-12,26H,(H,27,28)/b16-12?,19-18-. The summed E-state index contributed by atoms with van der Waals surface area (Å²) in [6.07, 6.45) is 3.68. The van der Waals surface area contributed by atoms with Gasteiger partial charge in [-0.05, 0) is 60.8 Å². The Bertz CT molecular complexity index is 1600. The molecule has 152 valence electrons. The molecule has 2 aromatic carbocycles. The van der Waals surface area contributed by atoms with Gasteiger partial charge in [0.05, 0.1) is 21.5 Å². The Morgan fingerprint density at radius 1 is 1.10 bits per heavy atom. The third-order valence-electron chi connectivity index (χ3n) is 4.81. The van der Waals surface area contributed by atoms with Gasteiger partial charge < -0.3 is 14.6 Å². The van der Waals surface area contributed by atoms with Crippen molar-refractivity contribution in [1.82, 2.24) is 4.57 Å². The van der Waals surface area contributed by atoms with Crippen LogP contribution in [0.15, 0.2) is 70.1 Å². The summed E-state index contributed by atoms with van der Waals surface area (Å²) < 4.78 is 7.85. The van der Waals surface area contributed by atoms with Crippen LogP contribution in [-0.4, -0.2) is 20.7 Å². The quantitative estimate of drug-likeness (QED) is 0.472. The van der Waals surface area contributed by atoms with E-state index in [0.717, 1.165) is 16.3 Å². The summed E-state index contributed by atoms with van der Waals surface area (Å²) in [4.78, 5) is 16.2. The molecule has 0 fully saturated rings. The van der Waals surface area contributed by atoms with Gasteiger partial charge >= 0.3 is 5.97 Å². The molecular formula is C23H14N2O4S2. The van der Waals surface area contributed by atoms with E-state index in [4.69, 9.17) is 21.7 Å². The highest BCUT2D eigenvalue weighted by Gasteiger charge is 2.13. The van der Waals surface area contributed by atoms with Crippen LogP contribution in [0.4, 0.5) is 0 Å². The van der Waals surface area contributed by atoms with Gasteiger partial charge in [-0.15, -0.1) is 11.3 Å². The molecule has 0 unspecified atom stereocenters. The Labute approximate surface area is 184 Å². The Morgan fingerprint density at radius 2 is 1.87 bits per heavy atom. The molecular weight excluding hydrogens is 432 g/mol. The number of hydrogen-bond acceptors (Lipinski definition) is 6. The van der Waals surface area contributed by atoms with Crippen molar-refractivity contribution in [2.75, 3.05) is 0 Å². The second-order valence-corrected chi connectivity index (χ2v) is 8.47. The molecule has 8 heteroatoms. The minimum Gasteiger partial charge on any atom is -0.493 e. The number of nitrogens with zero attached hydrogens (tertiary/aromatic N) is 2. The fourth-order valence-corrected chi connectivity index (χ4v) is 4.59. The monoisotopic (exact) mass is 446 g/mol. The fourth-order valence-electron chi connectivity index (χ4n) is 3.30. The molecule has 0 spiro atoms. The highest BCUT2D eigenvalue weighted by atomic mass is 32.1. The van der Waals surface area contributed by atoms with Gasteiger partial charge in [0, 0.05) is 11.3 Å². The van der Waals surface area contributed by atoms with Crippen LogP contribution in [0.1, 0.15) is 15.2 Å². The average molecular weight is 447 g/mol. The summed E-state index contributed by atoms with van der Waals surface area (Å²) in [7, 11) is 0. The van der Waals surface area contributed by atoms with Crippen molar-refractivity contribution in [3.8, 4) is 11.6 Å². The van der Waals surface area contributed by atoms with E-state index in [2.05, 4.69) is 4.99 Å². The molecule has 5 rings (SSSR count). The second-order valence-electron chi connectivity index (χ2n) is 6.79. The zero-order valence-electron chi connectivity index (χ0n) is 15.9. The highest BCUT2D eigenvalue weighted by Crippen LogP contribution is 2.30. The van der Waals surface area contributed by atoms with Crippen LogP contribution in [0.25, 0.3) is 23.5 Å². The van der Waals surface area contributed by atoms with E-state index in [0.29, 0.717) is 25.3 Å². The Balaban J connectivity index is 1.56. The minimum absolute atomic E-state index is 0.0341. The first-order valence-corrected chi connectivity index (χ1v) is 10.5. The number of aromatic hydroxyl groups is 1. The second kappa shape index (κ2) is 7.50. The number of aromatic carboxylic acids is 1. The Kier molecular flexibility index (Phi) is 4.65. The van der Waals surface area contributed by atoms with Gasteiger partial charge in [0.1, 0.15) is 11.1 Å². The maximum absolute atomic E-state index is 11.1. The van der Waals surface area contributed by atoms with Gasteiger partial charge in [-0.1, -0.05) is 18.2 Å². The van der Waals surface area contributed by atoms with Crippen LogP contribution in [-0.2, 0) is 0 Å². The molecule has 2 N–H and O–H groups in total. The normalized spacial score (nSPS) is 14.8. The molecule has 2 aromatic heterocycles. The van der Waals surface area contributed by atoms with E-state index in [-0.39, 0.29) is 11.4 Å². The van der Waals surface area contributed by atoms with Crippen LogP contribution >= 0.6 is 23.6 Å². The van der Waals surface area contributed by atoms with Crippen molar-refractivity contribution in [1.29, 1.82) is 0 Å². The molecule has 1 aliphatic heterocycles. The third-order valence-corrected chi connectivity index (χ3v) is 6.12. The lowest BCUT2D eigenvalue weighted by Crippen LogP contribution is -2.19. The van der Waals surface area contributed by atoms with Crippen molar-refractivity contribution in [2.45, 2.75) is 0 Å². The molecule has 4 aromatic rings. The number of furan rings is 1. The topological polar surface area (TPSA) is 88.0 Å². The first-order chi connectivity index (χ1) is 15.0. The number of thiazole rings is 1. The van der Waals surface area contributed by atoms with Gasteiger partial charge in [0.2, 0.25) is 5.88 Å². The Hall–Kier alpha value is -3.75. The molecule has 0 aliphatic carbocycles. The van der Waals surface area contributed by atoms with Gasteiger partial charge in [-0.2, -0.15) is 0 Å². The number of aromatic nitrogens is 1. The lowest BCUT2D eigenvalue weighted by atomic mass is 10.2. The number of carbonyl (C=O) groups is 1. The van der Waals surface area contributed by atoms with Crippen molar-refractivity contribution in [3.63, 3.8) is 0 Å². The first-order valence-electron chi connectivity index (χ1n) is 9.25. The molecule has 0 saturated heterocycles. The lowest BCUT2D eigenvalue weighted by Gasteiger charge is -2.05. The number of carboxylic acids is 1. The van der Waals surface area contributed by atoms with Crippen LogP contribution in [0.3, 0.4) is 0 Å². The largest absolute Gasteiger partial charge is 0.493 e. The summed E-state index contributed by atoms with van der Waals surface area (Å²) >= 11 is 6.64. The van der Waals surface area contributed by atoms with Gasteiger partial charge in [-0.25, -0.2) is 9.79 Å². The Morgan fingerprint density at radius 3 is 2.61 bits per heavy atom. The number of para-hydroxylation sites is 1. The lowest BCUT2D eigenvalue weighted by molar-refractivity contribution is 0.0697. The summed E-state index contributed by atoms with van der Waals surface area (Å²) in [5, 5.41) is 21.7. The maximum Gasteiger partial charge on any atom is 0.335 e. The number of fused-ring (bicyclic) bond motifs is 1. The summed E-state index contributed by atoms with van der Waals surface area (Å²) in [6, 6.07) is 17.6. The van der Waals surface area contributed by atoms with Crippen molar-refractivity contribution in [3.05, 3.63) is 96.5 Å². The van der Waals surface area contributed by atoms with Crippen molar-refractivity contribution >= 4 is 47.4 Å². The first kappa shape index (κ1) is 19.2. The van der Waals surface area contributed by atoms with Gasteiger partial charge in [-0.3, -0.25) is 4.57 Å². The molecule has 6 nitrogen and oxygen atoms in total. The summed E-state index contributed by atoms with van der Waals surface area (Å²) in [5.74, 6) is -1.05. The summed E-state index contributed by atoms with van der Waals surface area (Å²) in [6.45, 7) is 0. The fraction of sp³-hybridized carbons (Fsp3) is 0. The predicted molar refractivity (Wildman–Crippen MR) is 120 cm³/mol. The SMILES string of the molecule is O=C(O)c1ccc(-n2c(O)c(C=c3cc/c(=C4\C=c5ccccc5=N4)o3)sc2=S)cc1. The predicted octanol–water partition coefficient (Wildman–Crippen LogP) is 2.32. The van der Waals surface area contributed by atoms with Gasteiger partial charge in [0.15, 0.2) is 9.37 Å². The van der Waals surface area contributed by atoms with E-state index in [1.54, 1.807) is 18.2 Å². The minimum atomic E-state index is -1.01. The van der Waals surface area contributed by atoms with Crippen molar-refractivity contribution < 1.29 is 19.4 Å². The molecule has 1 aliphatic rings. The van der Waals surface area contributed by atoms with E-state index >= 15 is 0 Å². The molecule has 3 heterocycles. The van der Waals surface area contributed by atoms with Crippen LogP contribution < -0.4 is 21.4 Å². The number of hydrogen-bond donors (Lipinski definition) is 2. The van der Waals surface area contributed by atoms with Crippen LogP contribution in [0, 0.1) is 3.95 Å². The molecule has 31 heavy (non-hydrogen) atoms. The number of benzene rings is 2. The molecule has 0 bridgehead atoms. The smallest absolute Gasteiger partial charge is 0.335 e. The number of rotatable bonds is 3. The molecule has 0 radical (unpaired) electrons. The van der Waals surface area contributed by atoms with E-state index in [1.807, 2.05) is 42.5 Å². The van der Waals surface area contributed by atoms with Crippen LogP contribution in [0.2, 0.25) is 0 Å². The highest BCUT2D eigenvalue weighted by molar-refractivity contribution is 7.73. The molecule has 0 amide bonds. The van der Waals surface area contributed by atoms with Crippen LogP contribution in [0.5, 0.6) is 5.88 Å². The molecule has 0 atom stereocenters. The van der Waals surface area contributed by atoms with E-state index < -0.39 is 5.97 Å². The molecule has 0 saturated carbocycles. The zero-order valence-corrected chi connectivity index (χ0v) is 17.5. The van der Waals surface area contributed by atoms with E-state index in [1.165, 1.54) is 28.0 Å². The summed E-state index contributed by atoms with van der Waals surface area (Å²) in [5.41, 5.74) is 2.68. The zero-order chi connectivity index (χ0) is 21.5. The van der Waals surface area contributed by atoms with E-state index in [9.17, 15) is 9.90 Å². The average Bonchev–Trinajstić information content (AvgIpc) is 3.46. The maximum atomic E-state index is 11.1. The third kappa shape index (κ3) is 3.52. The van der Waals surface area contributed by atoms with Crippen molar-refractivity contribution in [2.24, 2.45) is 4.99 Å².